The first kappa shape index (κ1) is 15.9. The number of ether oxygens (including phenoxy) is 1. The molecule has 0 saturated carbocycles. The van der Waals surface area contributed by atoms with Gasteiger partial charge >= 0.3 is 0 Å². The zero-order valence-electron chi connectivity index (χ0n) is 14.3. The van der Waals surface area contributed by atoms with Crippen LogP contribution in [0.2, 0.25) is 0 Å². The molecular formula is C22H21NO2. The fraction of sp³-hybridized carbons (Fsp3) is 0.227. The molecule has 1 aromatic heterocycles. The Kier molecular flexibility index (Phi) is 4.24. The molecule has 1 unspecified atom stereocenters. The highest BCUT2D eigenvalue weighted by atomic mass is 16.5. The van der Waals surface area contributed by atoms with Crippen molar-refractivity contribution in [2.24, 2.45) is 0 Å². The number of carbonyl (C=O) groups is 1. The molecule has 0 spiro atoms. The monoisotopic (exact) mass is 331 g/mol. The highest BCUT2D eigenvalue weighted by Gasteiger charge is 2.32. The van der Waals surface area contributed by atoms with Crippen LogP contribution in [0, 0.1) is 0 Å². The van der Waals surface area contributed by atoms with Crippen molar-refractivity contribution >= 4 is 5.78 Å². The minimum Gasteiger partial charge on any atom is -0.372 e. The van der Waals surface area contributed by atoms with E-state index in [2.05, 4.69) is 28.8 Å². The number of rotatable bonds is 4. The van der Waals surface area contributed by atoms with Crippen molar-refractivity contribution < 1.29 is 9.53 Å². The van der Waals surface area contributed by atoms with Crippen LogP contribution in [0.15, 0.2) is 66.7 Å². The molecule has 4 rings (SSSR count). The van der Waals surface area contributed by atoms with Gasteiger partial charge in [0.05, 0.1) is 17.5 Å². The summed E-state index contributed by atoms with van der Waals surface area (Å²) in [5, 5.41) is 0. The molecule has 0 bridgehead atoms. The number of para-hydroxylation sites is 1. The SMILES string of the molecule is CCOC1CCC(=O)c2cc(-c3ccccc3)n(-c3ccccc3)c21. The first-order chi connectivity index (χ1) is 12.3. The second-order valence-electron chi connectivity index (χ2n) is 6.27. The standard InChI is InChI=1S/C22H21NO2/c1-2-25-21-14-13-20(24)18-15-19(16-9-5-3-6-10-16)23(22(18)21)17-11-7-4-8-12-17/h3-12,15,21H,2,13-14H2,1H3. The highest BCUT2D eigenvalue weighted by Crippen LogP contribution is 2.39. The van der Waals surface area contributed by atoms with E-state index in [9.17, 15) is 4.79 Å². The van der Waals surface area contributed by atoms with Gasteiger partial charge in [-0.05, 0) is 37.1 Å². The predicted octanol–water partition coefficient (Wildman–Crippen LogP) is 5.20. The van der Waals surface area contributed by atoms with Crippen molar-refractivity contribution in [3.8, 4) is 16.9 Å². The molecule has 3 heteroatoms. The van der Waals surface area contributed by atoms with Crippen LogP contribution >= 0.6 is 0 Å². The molecule has 3 nitrogen and oxygen atoms in total. The lowest BCUT2D eigenvalue weighted by molar-refractivity contribution is 0.0435. The third-order valence-electron chi connectivity index (χ3n) is 4.73. The van der Waals surface area contributed by atoms with E-state index in [0.717, 1.165) is 34.6 Å². The average molecular weight is 331 g/mol. The minimum absolute atomic E-state index is 0.0460. The topological polar surface area (TPSA) is 31.2 Å². The molecule has 3 aromatic rings. The maximum absolute atomic E-state index is 12.6. The number of Topliss-reactive ketones (excluding diaryl/α,β-unsaturated/α-hetero) is 1. The van der Waals surface area contributed by atoms with E-state index >= 15 is 0 Å². The van der Waals surface area contributed by atoms with Gasteiger partial charge in [-0.1, -0.05) is 48.5 Å². The van der Waals surface area contributed by atoms with E-state index in [-0.39, 0.29) is 11.9 Å². The van der Waals surface area contributed by atoms with Crippen molar-refractivity contribution in [3.05, 3.63) is 78.0 Å². The first-order valence-electron chi connectivity index (χ1n) is 8.81. The number of hydrogen-bond donors (Lipinski definition) is 0. The maximum atomic E-state index is 12.6. The molecule has 25 heavy (non-hydrogen) atoms. The van der Waals surface area contributed by atoms with E-state index in [4.69, 9.17) is 4.74 Å². The fourth-order valence-corrected chi connectivity index (χ4v) is 3.64. The Bertz CT molecular complexity index is 881. The van der Waals surface area contributed by atoms with E-state index < -0.39 is 0 Å². The smallest absolute Gasteiger partial charge is 0.164 e. The largest absolute Gasteiger partial charge is 0.372 e. The quantitative estimate of drug-likeness (QED) is 0.658. The van der Waals surface area contributed by atoms with Crippen LogP contribution in [0.5, 0.6) is 0 Å². The summed E-state index contributed by atoms with van der Waals surface area (Å²) in [6.07, 6.45) is 1.24. The molecule has 0 amide bonds. The van der Waals surface area contributed by atoms with Gasteiger partial charge in [0.2, 0.25) is 0 Å². The zero-order valence-corrected chi connectivity index (χ0v) is 14.3. The van der Waals surface area contributed by atoms with Crippen LogP contribution in [0.4, 0.5) is 0 Å². The molecule has 126 valence electrons. The lowest BCUT2D eigenvalue weighted by atomic mass is 9.94. The molecule has 0 radical (unpaired) electrons. The third-order valence-corrected chi connectivity index (χ3v) is 4.73. The van der Waals surface area contributed by atoms with Gasteiger partial charge in [-0.3, -0.25) is 4.79 Å². The molecule has 0 aliphatic heterocycles. The van der Waals surface area contributed by atoms with Crippen molar-refractivity contribution in [2.75, 3.05) is 6.61 Å². The van der Waals surface area contributed by atoms with E-state index in [1.165, 1.54) is 0 Å². The van der Waals surface area contributed by atoms with Gasteiger partial charge in [0, 0.05) is 24.3 Å². The Hall–Kier alpha value is -2.65. The summed E-state index contributed by atoms with van der Waals surface area (Å²) in [6, 6.07) is 22.5. The summed E-state index contributed by atoms with van der Waals surface area (Å²) in [6.45, 7) is 2.64. The number of benzene rings is 2. The molecule has 1 heterocycles. The Balaban J connectivity index is 2.00. The lowest BCUT2D eigenvalue weighted by Gasteiger charge is -2.25. The number of carbonyl (C=O) groups excluding carboxylic acids is 1. The third kappa shape index (κ3) is 2.81. The molecule has 1 aliphatic rings. The fourth-order valence-electron chi connectivity index (χ4n) is 3.64. The van der Waals surface area contributed by atoms with Crippen molar-refractivity contribution in [2.45, 2.75) is 25.9 Å². The van der Waals surface area contributed by atoms with Crippen LogP contribution in [0.25, 0.3) is 16.9 Å². The van der Waals surface area contributed by atoms with Crippen LogP contribution in [-0.4, -0.2) is 17.0 Å². The van der Waals surface area contributed by atoms with Gasteiger partial charge in [0.1, 0.15) is 0 Å². The molecule has 2 aromatic carbocycles. The molecule has 0 N–H and O–H groups in total. The Morgan fingerprint density at radius 1 is 1.04 bits per heavy atom. The Labute approximate surface area is 147 Å². The second kappa shape index (κ2) is 6.69. The maximum Gasteiger partial charge on any atom is 0.164 e. The molecule has 0 saturated heterocycles. The minimum atomic E-state index is -0.0460. The number of fused-ring (bicyclic) bond motifs is 1. The molecule has 1 aliphatic carbocycles. The number of ketones is 1. The van der Waals surface area contributed by atoms with Crippen LogP contribution < -0.4 is 0 Å². The summed E-state index contributed by atoms with van der Waals surface area (Å²) in [4.78, 5) is 12.6. The van der Waals surface area contributed by atoms with E-state index in [0.29, 0.717) is 13.0 Å². The molecule has 0 fully saturated rings. The summed E-state index contributed by atoms with van der Waals surface area (Å²) in [5.41, 5.74) is 4.98. The van der Waals surface area contributed by atoms with Gasteiger partial charge in [-0.25, -0.2) is 0 Å². The molecule has 1 atom stereocenters. The summed E-state index contributed by atoms with van der Waals surface area (Å²) < 4.78 is 8.19. The summed E-state index contributed by atoms with van der Waals surface area (Å²) in [7, 11) is 0. The average Bonchev–Trinajstić information content (AvgIpc) is 3.07. The Morgan fingerprint density at radius 3 is 2.40 bits per heavy atom. The van der Waals surface area contributed by atoms with E-state index in [1.807, 2.05) is 49.4 Å². The lowest BCUT2D eigenvalue weighted by Crippen LogP contribution is -2.20. The number of nitrogens with zero attached hydrogens (tertiary/aromatic N) is 1. The second-order valence-corrected chi connectivity index (χ2v) is 6.27. The molecular weight excluding hydrogens is 310 g/mol. The van der Waals surface area contributed by atoms with Gasteiger partial charge < -0.3 is 9.30 Å². The normalized spacial score (nSPS) is 16.7. The van der Waals surface area contributed by atoms with Crippen molar-refractivity contribution in [1.29, 1.82) is 0 Å². The van der Waals surface area contributed by atoms with Crippen LogP contribution in [0.1, 0.15) is 41.9 Å². The van der Waals surface area contributed by atoms with Crippen LogP contribution in [0.3, 0.4) is 0 Å². The van der Waals surface area contributed by atoms with E-state index in [1.54, 1.807) is 0 Å². The van der Waals surface area contributed by atoms with Crippen LogP contribution in [-0.2, 0) is 4.74 Å². The predicted molar refractivity (Wildman–Crippen MR) is 99.1 cm³/mol. The zero-order chi connectivity index (χ0) is 17.2. The number of aromatic nitrogens is 1. The summed E-state index contributed by atoms with van der Waals surface area (Å²) in [5.74, 6) is 0.206. The van der Waals surface area contributed by atoms with Crippen molar-refractivity contribution in [1.82, 2.24) is 4.57 Å². The van der Waals surface area contributed by atoms with Crippen molar-refractivity contribution in [3.63, 3.8) is 0 Å². The first-order valence-corrected chi connectivity index (χ1v) is 8.81. The van der Waals surface area contributed by atoms with Gasteiger partial charge in [0.15, 0.2) is 5.78 Å². The highest BCUT2D eigenvalue weighted by molar-refractivity contribution is 6.00. The summed E-state index contributed by atoms with van der Waals surface area (Å²) >= 11 is 0. The Morgan fingerprint density at radius 2 is 1.72 bits per heavy atom. The van der Waals surface area contributed by atoms with Gasteiger partial charge in [-0.15, -0.1) is 0 Å². The van der Waals surface area contributed by atoms with Gasteiger partial charge in [0.25, 0.3) is 0 Å². The number of hydrogen-bond acceptors (Lipinski definition) is 2. The van der Waals surface area contributed by atoms with Gasteiger partial charge in [-0.2, -0.15) is 0 Å².